The van der Waals surface area contributed by atoms with Crippen LogP contribution in [0.25, 0.3) is 38.2 Å². The van der Waals surface area contributed by atoms with E-state index in [4.69, 9.17) is 16.6 Å². The van der Waals surface area contributed by atoms with Gasteiger partial charge in [0.1, 0.15) is 5.65 Å². The van der Waals surface area contributed by atoms with Crippen LogP contribution in [0.1, 0.15) is 0 Å². The average Bonchev–Trinajstić information content (AvgIpc) is 2.62. The fourth-order valence-electron chi connectivity index (χ4n) is 3.40. The highest BCUT2D eigenvalue weighted by Crippen LogP contribution is 2.29. The van der Waals surface area contributed by atoms with Gasteiger partial charge in [0.2, 0.25) is 0 Å². The van der Waals surface area contributed by atoms with Crippen molar-refractivity contribution in [2.75, 3.05) is 0 Å². The summed E-state index contributed by atoms with van der Waals surface area (Å²) in [7, 11) is 0. The van der Waals surface area contributed by atoms with Crippen LogP contribution in [0.2, 0.25) is 5.02 Å². The van der Waals surface area contributed by atoms with Crippen molar-refractivity contribution in [2.45, 2.75) is 0 Å². The summed E-state index contributed by atoms with van der Waals surface area (Å²) >= 11 is 6.28. The number of para-hydroxylation sites is 1. The lowest BCUT2D eigenvalue weighted by Gasteiger charge is -2.12. The molecular formula is C20H11ClN2O. The van der Waals surface area contributed by atoms with Crippen LogP contribution in [-0.2, 0) is 0 Å². The van der Waals surface area contributed by atoms with E-state index >= 15 is 0 Å². The van der Waals surface area contributed by atoms with Crippen LogP contribution in [-0.4, -0.2) is 9.38 Å². The summed E-state index contributed by atoms with van der Waals surface area (Å²) in [4.78, 5) is 18.0. The number of halogens is 1. The van der Waals surface area contributed by atoms with E-state index in [1.54, 1.807) is 10.5 Å². The Morgan fingerprint density at radius 1 is 0.792 bits per heavy atom. The zero-order valence-electron chi connectivity index (χ0n) is 12.5. The van der Waals surface area contributed by atoms with Crippen molar-refractivity contribution >= 4 is 49.8 Å². The first-order valence-electron chi connectivity index (χ1n) is 7.66. The van der Waals surface area contributed by atoms with Crippen LogP contribution in [0, 0.1) is 0 Å². The van der Waals surface area contributed by atoms with Gasteiger partial charge in [0, 0.05) is 10.8 Å². The number of hydrogen-bond acceptors (Lipinski definition) is 2. The maximum absolute atomic E-state index is 13.2. The average molecular weight is 331 g/mol. The Balaban J connectivity index is 2.24. The Hall–Kier alpha value is -2.91. The Morgan fingerprint density at radius 3 is 2.33 bits per heavy atom. The second-order valence-electron chi connectivity index (χ2n) is 5.77. The number of aromatic nitrogens is 2. The maximum atomic E-state index is 13.2. The second-order valence-corrected chi connectivity index (χ2v) is 6.18. The predicted octanol–water partition coefficient (Wildman–Crippen LogP) is 4.81. The maximum Gasteiger partial charge on any atom is 0.267 e. The van der Waals surface area contributed by atoms with Crippen molar-refractivity contribution in [3.8, 4) is 0 Å². The highest BCUT2D eigenvalue weighted by molar-refractivity contribution is 6.35. The Morgan fingerprint density at radius 2 is 1.50 bits per heavy atom. The minimum Gasteiger partial charge on any atom is -0.268 e. The first-order chi connectivity index (χ1) is 11.8. The summed E-state index contributed by atoms with van der Waals surface area (Å²) in [6, 6.07) is 21.3. The first-order valence-corrected chi connectivity index (χ1v) is 8.04. The molecule has 0 aliphatic carbocycles. The standard InChI is InChI=1S/C20H11ClN2O/c21-15-9-5-10-16-18(15)20(24)23-17-11-4-3-7-13(17)12-6-1-2-8-14(12)19(23)22-16/h1-11H. The van der Waals surface area contributed by atoms with E-state index in [9.17, 15) is 4.79 Å². The molecule has 114 valence electrons. The largest absolute Gasteiger partial charge is 0.268 e. The zero-order valence-corrected chi connectivity index (χ0v) is 13.3. The summed E-state index contributed by atoms with van der Waals surface area (Å²) in [5.41, 5.74) is 1.98. The van der Waals surface area contributed by atoms with E-state index in [1.165, 1.54) is 0 Å². The summed E-state index contributed by atoms with van der Waals surface area (Å²) in [5, 5.41) is 3.95. The smallest absolute Gasteiger partial charge is 0.267 e. The van der Waals surface area contributed by atoms with Crippen LogP contribution in [0.4, 0.5) is 0 Å². The van der Waals surface area contributed by atoms with Gasteiger partial charge in [-0.25, -0.2) is 4.98 Å². The molecule has 0 amide bonds. The van der Waals surface area contributed by atoms with Crippen LogP contribution in [0.3, 0.4) is 0 Å². The van der Waals surface area contributed by atoms with E-state index in [0.717, 1.165) is 21.7 Å². The fraction of sp³-hybridized carbons (Fsp3) is 0. The molecule has 5 rings (SSSR count). The molecule has 4 heteroatoms. The Kier molecular flexibility index (Phi) is 2.70. The molecule has 0 atom stereocenters. The predicted molar refractivity (Wildman–Crippen MR) is 99.0 cm³/mol. The molecule has 24 heavy (non-hydrogen) atoms. The molecule has 2 heterocycles. The number of rotatable bonds is 0. The second kappa shape index (κ2) is 4.79. The van der Waals surface area contributed by atoms with E-state index in [2.05, 4.69) is 6.07 Å². The molecule has 0 spiro atoms. The minimum absolute atomic E-state index is 0.137. The molecule has 5 aromatic rings. The number of pyridine rings is 1. The van der Waals surface area contributed by atoms with Crippen LogP contribution in [0.15, 0.2) is 71.5 Å². The van der Waals surface area contributed by atoms with Crippen molar-refractivity contribution < 1.29 is 0 Å². The summed E-state index contributed by atoms with van der Waals surface area (Å²) < 4.78 is 1.67. The molecule has 0 aliphatic heterocycles. The third kappa shape index (κ3) is 1.67. The van der Waals surface area contributed by atoms with Gasteiger partial charge in [0.05, 0.1) is 21.4 Å². The molecule has 0 aliphatic rings. The molecule has 0 radical (unpaired) electrons. The van der Waals surface area contributed by atoms with E-state index in [0.29, 0.717) is 21.6 Å². The summed E-state index contributed by atoms with van der Waals surface area (Å²) in [5.74, 6) is 0. The normalized spacial score (nSPS) is 11.7. The lowest BCUT2D eigenvalue weighted by Crippen LogP contribution is -2.16. The van der Waals surface area contributed by atoms with Gasteiger partial charge in [-0.1, -0.05) is 60.1 Å². The van der Waals surface area contributed by atoms with Gasteiger partial charge in [0.25, 0.3) is 5.56 Å². The van der Waals surface area contributed by atoms with E-state index < -0.39 is 0 Å². The van der Waals surface area contributed by atoms with Crippen molar-refractivity contribution in [3.05, 3.63) is 82.1 Å². The monoisotopic (exact) mass is 330 g/mol. The van der Waals surface area contributed by atoms with Gasteiger partial charge in [0.15, 0.2) is 0 Å². The lowest BCUT2D eigenvalue weighted by atomic mass is 10.1. The highest BCUT2D eigenvalue weighted by atomic mass is 35.5. The topological polar surface area (TPSA) is 34.4 Å². The summed E-state index contributed by atoms with van der Waals surface area (Å²) in [6.45, 7) is 0. The lowest BCUT2D eigenvalue weighted by molar-refractivity contribution is 1.14. The molecule has 3 aromatic carbocycles. The zero-order chi connectivity index (χ0) is 16.3. The van der Waals surface area contributed by atoms with Crippen LogP contribution >= 0.6 is 11.6 Å². The third-order valence-corrected chi connectivity index (χ3v) is 4.76. The van der Waals surface area contributed by atoms with E-state index in [-0.39, 0.29) is 5.56 Å². The highest BCUT2D eigenvalue weighted by Gasteiger charge is 2.14. The molecule has 0 saturated heterocycles. The number of nitrogens with zero attached hydrogens (tertiary/aromatic N) is 2. The van der Waals surface area contributed by atoms with Gasteiger partial charge in [-0.15, -0.1) is 0 Å². The van der Waals surface area contributed by atoms with Gasteiger partial charge >= 0.3 is 0 Å². The molecule has 2 aromatic heterocycles. The summed E-state index contributed by atoms with van der Waals surface area (Å²) in [6.07, 6.45) is 0. The molecular weight excluding hydrogens is 320 g/mol. The van der Waals surface area contributed by atoms with Crippen molar-refractivity contribution in [1.29, 1.82) is 0 Å². The van der Waals surface area contributed by atoms with Gasteiger partial charge < -0.3 is 0 Å². The van der Waals surface area contributed by atoms with Crippen molar-refractivity contribution in [3.63, 3.8) is 0 Å². The van der Waals surface area contributed by atoms with Gasteiger partial charge in [-0.2, -0.15) is 0 Å². The van der Waals surface area contributed by atoms with Crippen molar-refractivity contribution in [1.82, 2.24) is 9.38 Å². The minimum atomic E-state index is -0.137. The Labute approximate surface area is 141 Å². The quantitative estimate of drug-likeness (QED) is 0.302. The number of hydrogen-bond donors (Lipinski definition) is 0. The number of fused-ring (bicyclic) bond motifs is 7. The fourth-order valence-corrected chi connectivity index (χ4v) is 3.65. The number of benzene rings is 3. The van der Waals surface area contributed by atoms with Crippen LogP contribution in [0.5, 0.6) is 0 Å². The molecule has 0 saturated carbocycles. The van der Waals surface area contributed by atoms with Crippen molar-refractivity contribution in [2.24, 2.45) is 0 Å². The Bertz CT molecular complexity index is 1340. The SMILES string of the molecule is O=c1c2c(Cl)cccc2nc2c3ccccc3c3ccccc3n12. The van der Waals surface area contributed by atoms with Gasteiger partial charge in [-0.05, 0) is 23.6 Å². The molecule has 3 nitrogen and oxygen atoms in total. The molecule has 0 bridgehead atoms. The third-order valence-electron chi connectivity index (χ3n) is 4.45. The molecule has 0 unspecified atom stereocenters. The first kappa shape index (κ1) is 13.5. The van der Waals surface area contributed by atoms with Gasteiger partial charge in [-0.3, -0.25) is 9.20 Å². The molecule has 0 fully saturated rings. The van der Waals surface area contributed by atoms with Crippen LogP contribution < -0.4 is 5.56 Å². The van der Waals surface area contributed by atoms with E-state index in [1.807, 2.05) is 54.6 Å². The molecule has 0 N–H and O–H groups in total.